The molecule has 2 N–H and O–H groups in total. The molecule has 1 aromatic carbocycles. The zero-order valence-electron chi connectivity index (χ0n) is 12.6. The standard InChI is InChI=1S/C16H21N3O2/c1-10(2)21-15(20)9-19-14-8-12-6-4-3-5-11(12)7-13(14)18-16(19)17/h7-8,10H,3-6,9H2,1-2H3,(H2,17,18). The summed E-state index contributed by atoms with van der Waals surface area (Å²) in [6.45, 7) is 3.78. The molecule has 2 aromatic rings. The summed E-state index contributed by atoms with van der Waals surface area (Å²) in [6, 6.07) is 4.25. The first-order chi connectivity index (χ1) is 10.0. The molecule has 0 atom stereocenters. The van der Waals surface area contributed by atoms with Crippen LogP contribution in [0.1, 0.15) is 37.8 Å². The van der Waals surface area contributed by atoms with Gasteiger partial charge in [-0.05, 0) is 62.8 Å². The molecule has 0 aliphatic heterocycles. The number of aromatic nitrogens is 2. The van der Waals surface area contributed by atoms with E-state index in [-0.39, 0.29) is 18.6 Å². The van der Waals surface area contributed by atoms with Crippen molar-refractivity contribution in [2.75, 3.05) is 5.73 Å². The van der Waals surface area contributed by atoms with Gasteiger partial charge in [-0.15, -0.1) is 0 Å². The Bertz CT molecular complexity index is 688. The Labute approximate surface area is 124 Å². The predicted molar refractivity (Wildman–Crippen MR) is 82.0 cm³/mol. The maximum Gasteiger partial charge on any atom is 0.326 e. The molecule has 3 rings (SSSR count). The highest BCUT2D eigenvalue weighted by molar-refractivity contribution is 5.82. The third-order valence-electron chi connectivity index (χ3n) is 3.90. The number of ether oxygens (including phenoxy) is 1. The van der Waals surface area contributed by atoms with Crippen LogP contribution < -0.4 is 5.73 Å². The zero-order valence-corrected chi connectivity index (χ0v) is 12.6. The van der Waals surface area contributed by atoms with E-state index in [1.165, 1.54) is 24.0 Å². The van der Waals surface area contributed by atoms with Crippen LogP contribution in [-0.4, -0.2) is 21.6 Å². The third kappa shape index (κ3) is 2.73. The Balaban J connectivity index is 1.98. The molecule has 0 radical (unpaired) electrons. The zero-order chi connectivity index (χ0) is 15.0. The summed E-state index contributed by atoms with van der Waals surface area (Å²) in [6.07, 6.45) is 4.52. The van der Waals surface area contributed by atoms with Gasteiger partial charge >= 0.3 is 5.97 Å². The highest BCUT2D eigenvalue weighted by Crippen LogP contribution is 2.27. The molecule has 5 heteroatoms. The number of nitrogen functional groups attached to an aromatic ring is 1. The molecule has 0 bridgehead atoms. The van der Waals surface area contributed by atoms with E-state index in [2.05, 4.69) is 17.1 Å². The second kappa shape index (κ2) is 5.39. The lowest BCUT2D eigenvalue weighted by Crippen LogP contribution is -2.18. The van der Waals surface area contributed by atoms with Crippen LogP contribution in [0.4, 0.5) is 5.95 Å². The lowest BCUT2D eigenvalue weighted by atomic mass is 9.91. The fourth-order valence-electron chi connectivity index (χ4n) is 2.97. The second-order valence-electron chi connectivity index (χ2n) is 5.91. The van der Waals surface area contributed by atoms with Crippen LogP contribution in [-0.2, 0) is 28.9 Å². The van der Waals surface area contributed by atoms with E-state index >= 15 is 0 Å². The quantitative estimate of drug-likeness (QED) is 0.880. The number of rotatable bonds is 3. The van der Waals surface area contributed by atoms with Crippen molar-refractivity contribution < 1.29 is 9.53 Å². The maximum atomic E-state index is 11.9. The van der Waals surface area contributed by atoms with Crippen molar-refractivity contribution in [1.82, 2.24) is 9.55 Å². The van der Waals surface area contributed by atoms with Crippen LogP contribution in [0, 0.1) is 0 Å². The molecule has 0 unspecified atom stereocenters. The molecular formula is C16H21N3O2. The van der Waals surface area contributed by atoms with Crippen molar-refractivity contribution in [1.29, 1.82) is 0 Å². The molecular weight excluding hydrogens is 266 g/mol. The van der Waals surface area contributed by atoms with E-state index in [0.717, 1.165) is 23.9 Å². The van der Waals surface area contributed by atoms with E-state index in [1.807, 2.05) is 13.8 Å². The molecule has 1 aromatic heterocycles. The van der Waals surface area contributed by atoms with Crippen LogP contribution in [0.5, 0.6) is 0 Å². The molecule has 112 valence electrons. The lowest BCUT2D eigenvalue weighted by Gasteiger charge is -2.16. The minimum absolute atomic E-state index is 0.110. The van der Waals surface area contributed by atoms with E-state index < -0.39 is 0 Å². The lowest BCUT2D eigenvalue weighted by molar-refractivity contribution is -0.147. The smallest absolute Gasteiger partial charge is 0.326 e. The van der Waals surface area contributed by atoms with Gasteiger partial charge in [-0.3, -0.25) is 9.36 Å². The average Bonchev–Trinajstić information content (AvgIpc) is 2.71. The molecule has 0 saturated heterocycles. The minimum atomic E-state index is -0.284. The number of hydrogen-bond acceptors (Lipinski definition) is 4. The summed E-state index contributed by atoms with van der Waals surface area (Å²) in [5.41, 5.74) is 10.5. The molecule has 0 amide bonds. The van der Waals surface area contributed by atoms with Crippen molar-refractivity contribution in [3.63, 3.8) is 0 Å². The first kappa shape index (κ1) is 13.9. The Kier molecular flexibility index (Phi) is 3.57. The van der Waals surface area contributed by atoms with Gasteiger partial charge in [0.15, 0.2) is 0 Å². The summed E-state index contributed by atoms with van der Waals surface area (Å²) >= 11 is 0. The van der Waals surface area contributed by atoms with Gasteiger partial charge in [0.05, 0.1) is 17.1 Å². The summed E-state index contributed by atoms with van der Waals surface area (Å²) in [4.78, 5) is 16.3. The molecule has 0 fully saturated rings. The van der Waals surface area contributed by atoms with Crippen molar-refractivity contribution in [3.05, 3.63) is 23.3 Å². The molecule has 1 aliphatic carbocycles. The highest BCUT2D eigenvalue weighted by atomic mass is 16.5. The number of nitrogens with zero attached hydrogens (tertiary/aromatic N) is 2. The van der Waals surface area contributed by atoms with Crippen molar-refractivity contribution >= 4 is 23.0 Å². The number of carbonyl (C=O) groups is 1. The van der Waals surface area contributed by atoms with E-state index in [0.29, 0.717) is 5.95 Å². The number of benzene rings is 1. The molecule has 5 nitrogen and oxygen atoms in total. The number of nitrogens with two attached hydrogens (primary N) is 1. The number of anilines is 1. The van der Waals surface area contributed by atoms with E-state index in [4.69, 9.17) is 10.5 Å². The van der Waals surface area contributed by atoms with Crippen LogP contribution in [0.3, 0.4) is 0 Å². The predicted octanol–water partition coefficient (Wildman–Crippen LogP) is 2.45. The highest BCUT2D eigenvalue weighted by Gasteiger charge is 2.17. The van der Waals surface area contributed by atoms with Gasteiger partial charge in [-0.2, -0.15) is 0 Å². The van der Waals surface area contributed by atoms with Gasteiger partial charge in [0.25, 0.3) is 0 Å². The number of aryl methyl sites for hydroxylation is 2. The van der Waals surface area contributed by atoms with E-state index in [9.17, 15) is 4.79 Å². The topological polar surface area (TPSA) is 70.1 Å². The summed E-state index contributed by atoms with van der Waals surface area (Å²) in [5, 5.41) is 0. The number of esters is 1. The Morgan fingerprint density at radius 3 is 2.67 bits per heavy atom. The summed E-state index contributed by atoms with van der Waals surface area (Å²) < 4.78 is 6.94. The van der Waals surface area contributed by atoms with Gasteiger partial charge in [-0.1, -0.05) is 0 Å². The normalized spacial score (nSPS) is 14.4. The van der Waals surface area contributed by atoms with E-state index in [1.54, 1.807) is 4.57 Å². The first-order valence-electron chi connectivity index (χ1n) is 7.51. The average molecular weight is 287 g/mol. The first-order valence-corrected chi connectivity index (χ1v) is 7.51. The largest absolute Gasteiger partial charge is 0.462 e. The number of carbonyl (C=O) groups excluding carboxylic acids is 1. The summed E-state index contributed by atoms with van der Waals surface area (Å²) in [7, 11) is 0. The molecule has 0 saturated carbocycles. The Morgan fingerprint density at radius 2 is 2.00 bits per heavy atom. The molecule has 21 heavy (non-hydrogen) atoms. The summed E-state index contributed by atoms with van der Waals surface area (Å²) in [5.74, 6) is 0.0850. The number of hydrogen-bond donors (Lipinski definition) is 1. The molecule has 1 aliphatic rings. The van der Waals surface area contributed by atoms with Gasteiger partial charge in [0.1, 0.15) is 6.54 Å². The van der Waals surface area contributed by atoms with Crippen LogP contribution >= 0.6 is 0 Å². The second-order valence-corrected chi connectivity index (χ2v) is 5.91. The van der Waals surface area contributed by atoms with Crippen LogP contribution in [0.2, 0.25) is 0 Å². The van der Waals surface area contributed by atoms with Crippen molar-refractivity contribution in [2.45, 2.75) is 52.2 Å². The van der Waals surface area contributed by atoms with Gasteiger partial charge in [-0.25, -0.2) is 4.98 Å². The Morgan fingerprint density at radius 1 is 1.33 bits per heavy atom. The maximum absolute atomic E-state index is 11.9. The van der Waals surface area contributed by atoms with Gasteiger partial charge in [0, 0.05) is 0 Å². The third-order valence-corrected chi connectivity index (χ3v) is 3.90. The molecule has 0 spiro atoms. The Hall–Kier alpha value is -2.04. The number of fused-ring (bicyclic) bond motifs is 2. The van der Waals surface area contributed by atoms with Crippen molar-refractivity contribution in [2.24, 2.45) is 0 Å². The SMILES string of the molecule is CC(C)OC(=O)Cn1c(N)nc2cc3c(cc21)CCCC3. The van der Waals surface area contributed by atoms with Crippen molar-refractivity contribution in [3.8, 4) is 0 Å². The fourth-order valence-corrected chi connectivity index (χ4v) is 2.97. The van der Waals surface area contributed by atoms with Crippen LogP contribution in [0.25, 0.3) is 11.0 Å². The van der Waals surface area contributed by atoms with Gasteiger partial charge in [0.2, 0.25) is 5.95 Å². The monoisotopic (exact) mass is 287 g/mol. The fraction of sp³-hybridized carbons (Fsp3) is 0.500. The molecule has 1 heterocycles. The van der Waals surface area contributed by atoms with Crippen LogP contribution in [0.15, 0.2) is 12.1 Å². The minimum Gasteiger partial charge on any atom is -0.462 e. The van der Waals surface area contributed by atoms with Gasteiger partial charge < -0.3 is 10.5 Å². The number of imidazole rings is 1.